The number of thioether (sulfide) groups is 1. The van der Waals surface area contributed by atoms with Crippen molar-refractivity contribution in [3.8, 4) is 0 Å². The average molecular weight is 326 g/mol. The molecule has 0 spiro atoms. The zero-order valence-corrected chi connectivity index (χ0v) is 12.4. The molecule has 6 heteroatoms. The first-order chi connectivity index (χ1) is 8.56. The summed E-state index contributed by atoms with van der Waals surface area (Å²) in [4.78, 5) is 11.3. The van der Waals surface area contributed by atoms with E-state index in [1.54, 1.807) is 0 Å². The van der Waals surface area contributed by atoms with Crippen LogP contribution in [0.3, 0.4) is 0 Å². The highest BCUT2D eigenvalue weighted by Gasteiger charge is 2.25. The van der Waals surface area contributed by atoms with E-state index in [4.69, 9.17) is 0 Å². The fourth-order valence-electron chi connectivity index (χ4n) is 1.38. The van der Waals surface area contributed by atoms with E-state index >= 15 is 0 Å². The molecule has 4 nitrogen and oxygen atoms in total. The zero-order chi connectivity index (χ0) is 13.1. The fourth-order valence-corrected chi connectivity index (χ4v) is 2.39. The molecule has 1 aliphatic heterocycles. The number of amides is 1. The van der Waals surface area contributed by atoms with Gasteiger partial charge in [0.25, 0.3) is 0 Å². The zero-order valence-electron chi connectivity index (χ0n) is 9.98. The first kappa shape index (κ1) is 13.3. The topological polar surface area (TPSA) is 53.8 Å². The molecule has 0 aliphatic carbocycles. The molecular weight excluding hydrogens is 314 g/mol. The van der Waals surface area contributed by atoms with Crippen molar-refractivity contribution in [2.24, 2.45) is 10.2 Å². The van der Waals surface area contributed by atoms with Gasteiger partial charge in [-0.25, -0.2) is 0 Å². The largest absolute Gasteiger partial charge is 0.303 e. The second-order valence-electron chi connectivity index (χ2n) is 3.85. The van der Waals surface area contributed by atoms with Crippen LogP contribution in [0.1, 0.15) is 19.4 Å². The molecule has 1 atom stereocenters. The number of carbonyl (C=O) groups is 1. The smallest absolute Gasteiger partial charge is 0.239 e. The Balaban J connectivity index is 2.12. The Bertz CT molecular complexity index is 525. The van der Waals surface area contributed by atoms with Crippen LogP contribution in [-0.4, -0.2) is 22.0 Å². The predicted octanol–water partition coefficient (Wildman–Crippen LogP) is 2.78. The maximum atomic E-state index is 11.3. The monoisotopic (exact) mass is 325 g/mol. The molecule has 0 bridgehead atoms. The predicted molar refractivity (Wildman–Crippen MR) is 79.0 cm³/mol. The highest BCUT2D eigenvalue weighted by Crippen LogP contribution is 2.18. The Morgan fingerprint density at radius 2 is 2.06 bits per heavy atom. The van der Waals surface area contributed by atoms with Crippen molar-refractivity contribution in [1.29, 1.82) is 0 Å². The number of rotatable bonds is 2. The van der Waals surface area contributed by atoms with Crippen molar-refractivity contribution in [3.63, 3.8) is 0 Å². The molecule has 1 unspecified atom stereocenters. The van der Waals surface area contributed by atoms with Crippen molar-refractivity contribution in [1.82, 2.24) is 5.32 Å². The minimum Gasteiger partial charge on any atom is -0.303 e. The molecule has 2 rings (SSSR count). The highest BCUT2D eigenvalue weighted by atomic mass is 79.9. The molecular formula is C12H12BrN3OS. The number of nitrogens with zero attached hydrogens (tertiary/aromatic N) is 2. The van der Waals surface area contributed by atoms with Gasteiger partial charge in [0.15, 0.2) is 5.17 Å². The minimum absolute atomic E-state index is 0.0183. The summed E-state index contributed by atoms with van der Waals surface area (Å²) >= 11 is 4.77. The highest BCUT2D eigenvalue weighted by molar-refractivity contribution is 9.10. The summed E-state index contributed by atoms with van der Waals surface area (Å²) in [5.74, 6) is -0.0183. The summed E-state index contributed by atoms with van der Waals surface area (Å²) in [6.07, 6.45) is 0. The van der Waals surface area contributed by atoms with Gasteiger partial charge in [-0.1, -0.05) is 39.8 Å². The Morgan fingerprint density at radius 1 is 1.39 bits per heavy atom. The summed E-state index contributed by atoms with van der Waals surface area (Å²) in [7, 11) is 0. The van der Waals surface area contributed by atoms with E-state index in [0.717, 1.165) is 15.7 Å². The lowest BCUT2D eigenvalue weighted by molar-refractivity contribution is -0.118. The third kappa shape index (κ3) is 3.20. The standard InChI is InChI=1S/C12H12BrN3OS/c1-7(9-3-5-10(13)6-4-9)15-16-12-14-11(17)8(2)18-12/h3-6,8H,1-2H3,(H,14,16,17)/b15-7-. The van der Waals surface area contributed by atoms with Crippen LogP contribution in [0, 0.1) is 0 Å². The van der Waals surface area contributed by atoms with E-state index in [1.807, 2.05) is 38.1 Å². The molecule has 1 aromatic rings. The molecule has 1 saturated heterocycles. The van der Waals surface area contributed by atoms with Gasteiger partial charge >= 0.3 is 0 Å². The van der Waals surface area contributed by atoms with E-state index in [-0.39, 0.29) is 11.2 Å². The SMILES string of the molecule is C/C(=N/N=C1\NC(=O)C(C)S1)c1ccc(Br)cc1. The number of amidine groups is 1. The van der Waals surface area contributed by atoms with Gasteiger partial charge in [0.1, 0.15) is 0 Å². The number of carbonyl (C=O) groups excluding carboxylic acids is 1. The third-order valence-corrected chi connectivity index (χ3v) is 3.94. The van der Waals surface area contributed by atoms with Gasteiger partial charge in [-0.2, -0.15) is 5.10 Å². The van der Waals surface area contributed by atoms with E-state index in [0.29, 0.717) is 5.17 Å². The van der Waals surface area contributed by atoms with Gasteiger partial charge in [-0.05, 0) is 31.5 Å². The second-order valence-corrected chi connectivity index (χ2v) is 6.09. The Hall–Kier alpha value is -1.14. The van der Waals surface area contributed by atoms with Gasteiger partial charge in [-0.15, -0.1) is 5.10 Å². The van der Waals surface area contributed by atoms with Crippen molar-refractivity contribution < 1.29 is 4.79 Å². The van der Waals surface area contributed by atoms with Crippen LogP contribution in [-0.2, 0) is 4.79 Å². The molecule has 0 aromatic heterocycles. The Labute approximate surface area is 118 Å². The van der Waals surface area contributed by atoms with E-state index < -0.39 is 0 Å². The first-order valence-electron chi connectivity index (χ1n) is 5.42. The molecule has 18 heavy (non-hydrogen) atoms. The van der Waals surface area contributed by atoms with Crippen LogP contribution in [0.15, 0.2) is 38.9 Å². The molecule has 1 heterocycles. The van der Waals surface area contributed by atoms with E-state index in [2.05, 4.69) is 31.4 Å². The van der Waals surface area contributed by atoms with Crippen molar-refractivity contribution >= 4 is 44.5 Å². The van der Waals surface area contributed by atoms with Crippen LogP contribution < -0.4 is 5.32 Å². The van der Waals surface area contributed by atoms with Gasteiger partial charge < -0.3 is 5.32 Å². The lowest BCUT2D eigenvalue weighted by Crippen LogP contribution is -2.23. The van der Waals surface area contributed by atoms with Gasteiger partial charge in [0.2, 0.25) is 5.91 Å². The number of halogens is 1. The van der Waals surface area contributed by atoms with Crippen molar-refractivity contribution in [2.45, 2.75) is 19.1 Å². The normalized spacial score (nSPS) is 22.4. The number of nitrogens with one attached hydrogen (secondary N) is 1. The Kier molecular flexibility index (Phi) is 4.19. The number of hydrogen-bond donors (Lipinski definition) is 1. The fraction of sp³-hybridized carbons (Fsp3) is 0.250. The van der Waals surface area contributed by atoms with Crippen LogP contribution >= 0.6 is 27.7 Å². The first-order valence-corrected chi connectivity index (χ1v) is 7.09. The summed E-state index contributed by atoms with van der Waals surface area (Å²) in [5, 5.41) is 11.3. The van der Waals surface area contributed by atoms with Crippen LogP contribution in [0.25, 0.3) is 0 Å². The quantitative estimate of drug-likeness (QED) is 0.671. The second kappa shape index (κ2) is 5.67. The van der Waals surface area contributed by atoms with Crippen molar-refractivity contribution in [2.75, 3.05) is 0 Å². The maximum Gasteiger partial charge on any atom is 0.239 e. The minimum atomic E-state index is -0.0908. The molecule has 1 aromatic carbocycles. The number of hydrogen-bond acceptors (Lipinski definition) is 4. The molecule has 0 saturated carbocycles. The molecule has 1 fully saturated rings. The molecule has 94 valence electrons. The molecule has 1 amide bonds. The van der Waals surface area contributed by atoms with Crippen molar-refractivity contribution in [3.05, 3.63) is 34.3 Å². The lowest BCUT2D eigenvalue weighted by atomic mass is 10.1. The van der Waals surface area contributed by atoms with Crippen LogP contribution in [0.2, 0.25) is 0 Å². The van der Waals surface area contributed by atoms with Gasteiger partial charge in [0.05, 0.1) is 11.0 Å². The molecule has 1 aliphatic rings. The molecule has 1 N–H and O–H groups in total. The maximum absolute atomic E-state index is 11.3. The number of benzene rings is 1. The summed E-state index contributed by atoms with van der Waals surface area (Å²) in [6.45, 7) is 3.73. The lowest BCUT2D eigenvalue weighted by Gasteiger charge is -1.98. The van der Waals surface area contributed by atoms with Gasteiger partial charge in [-0.3, -0.25) is 4.79 Å². The molecule has 0 radical (unpaired) electrons. The summed E-state index contributed by atoms with van der Waals surface area (Å²) < 4.78 is 1.03. The third-order valence-electron chi connectivity index (χ3n) is 2.44. The van der Waals surface area contributed by atoms with Gasteiger partial charge in [0, 0.05) is 4.47 Å². The van der Waals surface area contributed by atoms with E-state index in [9.17, 15) is 4.79 Å². The van der Waals surface area contributed by atoms with E-state index in [1.165, 1.54) is 11.8 Å². The summed E-state index contributed by atoms with van der Waals surface area (Å²) in [6, 6.07) is 7.84. The van der Waals surface area contributed by atoms with Crippen LogP contribution in [0.5, 0.6) is 0 Å². The summed E-state index contributed by atoms with van der Waals surface area (Å²) in [5.41, 5.74) is 1.81. The average Bonchev–Trinajstić information content (AvgIpc) is 2.67. The van der Waals surface area contributed by atoms with Crippen LogP contribution in [0.4, 0.5) is 0 Å². The Morgan fingerprint density at radius 3 is 2.61 bits per heavy atom.